The van der Waals surface area contributed by atoms with Crippen LogP contribution in [0, 0.1) is 17.2 Å². The first-order chi connectivity index (χ1) is 7.78. The first kappa shape index (κ1) is 11.1. The van der Waals surface area contributed by atoms with E-state index in [-0.39, 0.29) is 12.0 Å². The lowest BCUT2D eigenvalue weighted by Gasteiger charge is -2.32. The number of β-amino-alcohol motifs (C(OH)–C–C–N with tert-alkyl or cyclic N) is 1. The topological polar surface area (TPSA) is 47.3 Å². The minimum atomic E-state index is -0.359. The average Bonchev–Trinajstić information content (AvgIpc) is 2.29. The number of nitrogens with zero attached hydrogens (tertiary/aromatic N) is 2. The van der Waals surface area contributed by atoms with Crippen LogP contribution in [0.3, 0.4) is 0 Å². The molecule has 1 fully saturated rings. The molecule has 1 heterocycles. The second-order valence-electron chi connectivity index (χ2n) is 4.40. The van der Waals surface area contributed by atoms with Crippen LogP contribution in [0.25, 0.3) is 0 Å². The summed E-state index contributed by atoms with van der Waals surface area (Å²) in [6.45, 7) is 2.26. The third-order valence-electron chi connectivity index (χ3n) is 2.94. The maximum Gasteiger partial charge on any atom is 0.0680 e. The van der Waals surface area contributed by atoms with Crippen LogP contribution in [0.2, 0.25) is 0 Å². The zero-order valence-electron chi connectivity index (χ0n) is 9.21. The van der Waals surface area contributed by atoms with Gasteiger partial charge in [-0.2, -0.15) is 5.26 Å². The predicted molar refractivity (Wildman–Crippen MR) is 61.4 cm³/mol. The van der Waals surface area contributed by atoms with Gasteiger partial charge in [-0.1, -0.05) is 30.3 Å². The van der Waals surface area contributed by atoms with Crippen LogP contribution in [-0.4, -0.2) is 29.2 Å². The van der Waals surface area contributed by atoms with E-state index in [4.69, 9.17) is 5.26 Å². The van der Waals surface area contributed by atoms with Crippen LogP contribution < -0.4 is 0 Å². The van der Waals surface area contributed by atoms with Crippen molar-refractivity contribution in [2.24, 2.45) is 5.92 Å². The summed E-state index contributed by atoms with van der Waals surface area (Å²) in [5.41, 5.74) is 1.23. The number of benzene rings is 1. The summed E-state index contributed by atoms with van der Waals surface area (Å²) in [5, 5.41) is 18.6. The molecule has 0 radical (unpaired) electrons. The molecule has 1 saturated heterocycles. The molecule has 3 nitrogen and oxygen atoms in total. The highest BCUT2D eigenvalue weighted by Crippen LogP contribution is 2.18. The van der Waals surface area contributed by atoms with E-state index in [1.807, 2.05) is 18.2 Å². The smallest absolute Gasteiger partial charge is 0.0680 e. The number of likely N-dealkylation sites (tertiary alicyclic amines) is 1. The fourth-order valence-electron chi connectivity index (χ4n) is 2.23. The third kappa shape index (κ3) is 2.82. The Morgan fingerprint density at radius 3 is 2.75 bits per heavy atom. The molecular weight excluding hydrogens is 200 g/mol. The zero-order chi connectivity index (χ0) is 11.4. The molecular formula is C13H16N2O. The number of hydrogen-bond acceptors (Lipinski definition) is 3. The Morgan fingerprint density at radius 1 is 1.31 bits per heavy atom. The minimum absolute atomic E-state index is 0.0348. The molecule has 2 atom stereocenters. The van der Waals surface area contributed by atoms with Gasteiger partial charge in [-0.15, -0.1) is 0 Å². The van der Waals surface area contributed by atoms with Crippen LogP contribution in [0.5, 0.6) is 0 Å². The summed E-state index contributed by atoms with van der Waals surface area (Å²) in [6.07, 6.45) is 0.254. The van der Waals surface area contributed by atoms with Gasteiger partial charge in [0.05, 0.1) is 18.1 Å². The van der Waals surface area contributed by atoms with Crippen LogP contribution in [0.1, 0.15) is 12.0 Å². The summed E-state index contributed by atoms with van der Waals surface area (Å²) in [5.74, 6) is -0.0348. The van der Waals surface area contributed by atoms with Gasteiger partial charge in [0.15, 0.2) is 0 Å². The first-order valence-corrected chi connectivity index (χ1v) is 5.62. The molecule has 0 spiro atoms. The van der Waals surface area contributed by atoms with Crippen LogP contribution in [0.15, 0.2) is 30.3 Å². The Labute approximate surface area is 95.9 Å². The molecule has 3 heteroatoms. The van der Waals surface area contributed by atoms with Crippen molar-refractivity contribution in [3.63, 3.8) is 0 Å². The number of aliphatic hydroxyl groups excluding tert-OH is 1. The number of nitriles is 1. The summed E-state index contributed by atoms with van der Waals surface area (Å²) in [6, 6.07) is 12.4. The van der Waals surface area contributed by atoms with Crippen molar-refractivity contribution in [2.75, 3.05) is 13.1 Å². The van der Waals surface area contributed by atoms with E-state index < -0.39 is 0 Å². The Kier molecular flexibility index (Phi) is 3.55. The van der Waals surface area contributed by atoms with Gasteiger partial charge in [0, 0.05) is 19.6 Å². The summed E-state index contributed by atoms with van der Waals surface area (Å²) in [7, 11) is 0. The number of rotatable bonds is 2. The minimum Gasteiger partial charge on any atom is -0.392 e. The Bertz CT molecular complexity index is 371. The van der Waals surface area contributed by atoms with Gasteiger partial charge in [-0.3, -0.25) is 4.90 Å². The van der Waals surface area contributed by atoms with Gasteiger partial charge < -0.3 is 5.11 Å². The standard InChI is InChI=1S/C13H16N2O/c14-7-12-6-13(16)10-15(9-12)8-11-4-2-1-3-5-11/h1-5,12-13,16H,6,8-10H2/t12-,13+/m0/s1. The van der Waals surface area contributed by atoms with Crippen LogP contribution in [-0.2, 0) is 6.54 Å². The Hall–Kier alpha value is -1.37. The molecule has 0 bridgehead atoms. The molecule has 2 rings (SSSR count). The quantitative estimate of drug-likeness (QED) is 0.812. The third-order valence-corrected chi connectivity index (χ3v) is 2.94. The van der Waals surface area contributed by atoms with Crippen molar-refractivity contribution in [1.82, 2.24) is 4.90 Å². The lowest BCUT2D eigenvalue weighted by atomic mass is 9.97. The first-order valence-electron chi connectivity index (χ1n) is 5.62. The van der Waals surface area contributed by atoms with E-state index in [1.54, 1.807) is 0 Å². The Morgan fingerprint density at radius 2 is 2.06 bits per heavy atom. The molecule has 16 heavy (non-hydrogen) atoms. The normalized spacial score (nSPS) is 26.2. The van der Waals surface area contributed by atoms with Crippen LogP contribution in [0.4, 0.5) is 0 Å². The molecule has 0 amide bonds. The van der Waals surface area contributed by atoms with Gasteiger partial charge in [0.2, 0.25) is 0 Å². The van der Waals surface area contributed by atoms with Gasteiger partial charge in [-0.05, 0) is 12.0 Å². The largest absolute Gasteiger partial charge is 0.392 e. The lowest BCUT2D eigenvalue weighted by molar-refractivity contribution is 0.0496. The maximum absolute atomic E-state index is 9.67. The van der Waals surface area contributed by atoms with E-state index in [9.17, 15) is 5.11 Å². The molecule has 84 valence electrons. The highest BCUT2D eigenvalue weighted by atomic mass is 16.3. The molecule has 0 aromatic heterocycles. The van der Waals surface area contributed by atoms with E-state index in [0.717, 1.165) is 13.1 Å². The maximum atomic E-state index is 9.67. The lowest BCUT2D eigenvalue weighted by Crippen LogP contribution is -2.42. The average molecular weight is 216 g/mol. The number of aliphatic hydroxyl groups is 1. The van der Waals surface area contributed by atoms with Crippen LogP contribution >= 0.6 is 0 Å². The fourth-order valence-corrected chi connectivity index (χ4v) is 2.23. The van der Waals surface area contributed by atoms with Crippen molar-refractivity contribution in [3.05, 3.63) is 35.9 Å². The van der Waals surface area contributed by atoms with Gasteiger partial charge in [0.25, 0.3) is 0 Å². The van der Waals surface area contributed by atoms with E-state index >= 15 is 0 Å². The van der Waals surface area contributed by atoms with Crippen molar-refractivity contribution < 1.29 is 5.11 Å². The van der Waals surface area contributed by atoms with Crippen molar-refractivity contribution in [1.29, 1.82) is 5.26 Å². The predicted octanol–water partition coefficient (Wildman–Crippen LogP) is 1.39. The summed E-state index contributed by atoms with van der Waals surface area (Å²) in [4.78, 5) is 2.15. The SMILES string of the molecule is N#C[C@@H]1C[C@@H](O)CN(Cc2ccccc2)C1. The second kappa shape index (κ2) is 5.11. The summed E-state index contributed by atoms with van der Waals surface area (Å²) >= 11 is 0. The fraction of sp³-hybridized carbons (Fsp3) is 0.462. The van der Waals surface area contributed by atoms with Gasteiger partial charge in [-0.25, -0.2) is 0 Å². The van der Waals surface area contributed by atoms with E-state index in [0.29, 0.717) is 13.0 Å². The monoisotopic (exact) mass is 216 g/mol. The highest BCUT2D eigenvalue weighted by Gasteiger charge is 2.25. The number of piperidine rings is 1. The molecule has 1 N–H and O–H groups in total. The van der Waals surface area contributed by atoms with Crippen molar-refractivity contribution in [2.45, 2.75) is 19.1 Å². The highest BCUT2D eigenvalue weighted by molar-refractivity contribution is 5.14. The molecule has 1 aliphatic heterocycles. The molecule has 1 aromatic carbocycles. The molecule has 0 saturated carbocycles. The van der Waals surface area contributed by atoms with E-state index in [2.05, 4.69) is 23.1 Å². The summed E-state index contributed by atoms with van der Waals surface area (Å²) < 4.78 is 0. The second-order valence-corrected chi connectivity index (χ2v) is 4.40. The Balaban J connectivity index is 1.97. The van der Waals surface area contributed by atoms with Crippen molar-refractivity contribution >= 4 is 0 Å². The van der Waals surface area contributed by atoms with E-state index in [1.165, 1.54) is 5.56 Å². The zero-order valence-corrected chi connectivity index (χ0v) is 9.21. The molecule has 0 unspecified atom stereocenters. The molecule has 0 aliphatic carbocycles. The number of hydrogen-bond donors (Lipinski definition) is 1. The van der Waals surface area contributed by atoms with Gasteiger partial charge in [0.1, 0.15) is 0 Å². The van der Waals surface area contributed by atoms with Gasteiger partial charge >= 0.3 is 0 Å². The van der Waals surface area contributed by atoms with Crippen molar-refractivity contribution in [3.8, 4) is 6.07 Å². The molecule has 1 aromatic rings. The molecule has 1 aliphatic rings.